The molecule has 158 valence electrons. The molecule has 5 rings (SSSR count). The number of thioether (sulfide) groups is 1. The van der Waals surface area contributed by atoms with Crippen molar-refractivity contribution in [1.29, 1.82) is 0 Å². The number of anilines is 2. The molecule has 3 aromatic rings. The Morgan fingerprint density at radius 1 is 1.16 bits per heavy atom. The highest BCUT2D eigenvalue weighted by Gasteiger charge is 2.29. The van der Waals surface area contributed by atoms with Gasteiger partial charge in [0.1, 0.15) is 13.2 Å². The van der Waals surface area contributed by atoms with Gasteiger partial charge in [0.05, 0.1) is 17.1 Å². The molecule has 31 heavy (non-hydrogen) atoms. The largest absolute Gasteiger partial charge is 0.485 e. The van der Waals surface area contributed by atoms with Crippen molar-refractivity contribution in [1.82, 2.24) is 14.8 Å². The number of nitrogens with one attached hydrogen (secondary N) is 1. The molecule has 1 N–H and O–H groups in total. The van der Waals surface area contributed by atoms with Gasteiger partial charge in [-0.15, -0.1) is 10.2 Å². The number of para-hydroxylation sites is 4. The fraction of sp³-hybridized carbons (Fsp3) is 0.238. The SMILES string of the molecule is Cn1c(SCC(=O)N2CC(=O)Nc3ccccc32)nnc1[C@@H]1COc2ccccc2O1. The zero-order chi connectivity index (χ0) is 21.4. The monoisotopic (exact) mass is 437 g/mol. The molecule has 0 unspecified atom stereocenters. The maximum atomic E-state index is 12.9. The van der Waals surface area contributed by atoms with Gasteiger partial charge in [-0.2, -0.15) is 0 Å². The molecule has 1 atom stereocenters. The van der Waals surface area contributed by atoms with Crippen LogP contribution in [0.1, 0.15) is 11.9 Å². The van der Waals surface area contributed by atoms with Crippen molar-refractivity contribution < 1.29 is 19.1 Å². The van der Waals surface area contributed by atoms with Gasteiger partial charge in [-0.3, -0.25) is 9.59 Å². The molecule has 0 spiro atoms. The second-order valence-corrected chi connectivity index (χ2v) is 8.04. The molecule has 0 fully saturated rings. The minimum Gasteiger partial charge on any atom is -0.485 e. The first kappa shape index (κ1) is 19.4. The number of nitrogens with zero attached hydrogens (tertiary/aromatic N) is 4. The lowest BCUT2D eigenvalue weighted by molar-refractivity contribution is -0.120. The van der Waals surface area contributed by atoms with Gasteiger partial charge < -0.3 is 24.3 Å². The number of rotatable bonds is 4. The van der Waals surface area contributed by atoms with Gasteiger partial charge in [0, 0.05) is 7.05 Å². The van der Waals surface area contributed by atoms with Crippen molar-refractivity contribution in [3.63, 3.8) is 0 Å². The molecule has 2 aromatic carbocycles. The predicted octanol–water partition coefficient (Wildman–Crippen LogP) is 2.41. The van der Waals surface area contributed by atoms with E-state index in [1.807, 2.05) is 49.5 Å². The standard InChI is InChI=1S/C21H19N5O4S/c1-25-20(17-11-29-15-8-4-5-9-16(15)30-17)23-24-21(25)31-12-19(28)26-10-18(27)22-13-6-2-3-7-14(13)26/h2-9,17H,10-12H2,1H3,(H,22,27)/t17-/m0/s1. The number of benzene rings is 2. The summed E-state index contributed by atoms with van der Waals surface area (Å²) in [4.78, 5) is 26.3. The fourth-order valence-corrected chi connectivity index (χ4v) is 4.33. The van der Waals surface area contributed by atoms with Gasteiger partial charge in [0.2, 0.25) is 11.8 Å². The molecule has 1 aromatic heterocycles. The van der Waals surface area contributed by atoms with E-state index in [1.165, 1.54) is 16.7 Å². The first-order valence-corrected chi connectivity index (χ1v) is 10.7. The average molecular weight is 437 g/mol. The van der Waals surface area contributed by atoms with E-state index in [1.54, 1.807) is 10.6 Å². The minimum atomic E-state index is -0.393. The highest BCUT2D eigenvalue weighted by atomic mass is 32.2. The van der Waals surface area contributed by atoms with Gasteiger partial charge in [-0.1, -0.05) is 36.0 Å². The Labute approximate surface area is 182 Å². The van der Waals surface area contributed by atoms with Crippen molar-refractivity contribution in [3.05, 3.63) is 54.4 Å². The number of hydrogen-bond donors (Lipinski definition) is 1. The molecule has 0 bridgehead atoms. The summed E-state index contributed by atoms with van der Waals surface area (Å²) < 4.78 is 13.6. The molecule has 2 amide bonds. The van der Waals surface area contributed by atoms with Crippen molar-refractivity contribution in [2.75, 3.05) is 29.1 Å². The molecule has 0 saturated carbocycles. The van der Waals surface area contributed by atoms with E-state index >= 15 is 0 Å². The molecular formula is C21H19N5O4S. The molecule has 10 heteroatoms. The molecule has 3 heterocycles. The van der Waals surface area contributed by atoms with Gasteiger partial charge in [0.25, 0.3) is 0 Å². The lowest BCUT2D eigenvalue weighted by atomic mass is 10.2. The Bertz CT molecular complexity index is 1160. The highest BCUT2D eigenvalue weighted by molar-refractivity contribution is 7.99. The first-order valence-electron chi connectivity index (χ1n) is 9.70. The average Bonchev–Trinajstić information content (AvgIpc) is 3.16. The normalized spacial score (nSPS) is 17.1. The van der Waals surface area contributed by atoms with Crippen LogP contribution in [0.5, 0.6) is 11.5 Å². The molecule has 0 aliphatic carbocycles. The van der Waals surface area contributed by atoms with E-state index in [0.717, 1.165) is 0 Å². The molecule has 9 nitrogen and oxygen atoms in total. The molecular weight excluding hydrogens is 418 g/mol. The third-order valence-electron chi connectivity index (χ3n) is 5.06. The Hall–Kier alpha value is -3.53. The van der Waals surface area contributed by atoms with E-state index in [9.17, 15) is 9.59 Å². The van der Waals surface area contributed by atoms with Crippen molar-refractivity contribution in [2.45, 2.75) is 11.3 Å². The first-order chi connectivity index (χ1) is 15.1. The molecule has 2 aliphatic rings. The topological polar surface area (TPSA) is 98.6 Å². The summed E-state index contributed by atoms with van der Waals surface area (Å²) in [7, 11) is 1.83. The van der Waals surface area contributed by atoms with Crippen LogP contribution in [0.15, 0.2) is 53.7 Å². The number of amides is 2. The third-order valence-corrected chi connectivity index (χ3v) is 6.07. The predicted molar refractivity (Wildman–Crippen MR) is 114 cm³/mol. The van der Waals surface area contributed by atoms with Crippen LogP contribution in [0, 0.1) is 0 Å². The van der Waals surface area contributed by atoms with Crippen molar-refractivity contribution in [3.8, 4) is 11.5 Å². The zero-order valence-electron chi connectivity index (χ0n) is 16.6. The fourth-order valence-electron chi connectivity index (χ4n) is 3.54. The molecule has 2 aliphatic heterocycles. The van der Waals surface area contributed by atoms with Crippen molar-refractivity contribution >= 4 is 35.0 Å². The van der Waals surface area contributed by atoms with E-state index in [4.69, 9.17) is 9.47 Å². The lowest BCUT2D eigenvalue weighted by Gasteiger charge is -2.29. The van der Waals surface area contributed by atoms with E-state index in [-0.39, 0.29) is 24.1 Å². The van der Waals surface area contributed by atoms with Crippen LogP contribution in [-0.4, -0.2) is 45.5 Å². The van der Waals surface area contributed by atoms with Crippen LogP contribution in [-0.2, 0) is 16.6 Å². The molecule has 0 radical (unpaired) electrons. The summed E-state index contributed by atoms with van der Waals surface area (Å²) in [6.45, 7) is 0.319. The lowest BCUT2D eigenvalue weighted by Crippen LogP contribution is -2.43. The number of ether oxygens (including phenoxy) is 2. The maximum absolute atomic E-state index is 12.9. The Morgan fingerprint density at radius 2 is 1.94 bits per heavy atom. The maximum Gasteiger partial charge on any atom is 0.244 e. The second-order valence-electron chi connectivity index (χ2n) is 7.10. The van der Waals surface area contributed by atoms with E-state index < -0.39 is 6.10 Å². The van der Waals surface area contributed by atoms with Crippen LogP contribution in [0.2, 0.25) is 0 Å². The summed E-state index contributed by atoms with van der Waals surface area (Å²) in [5.74, 6) is 1.71. The Kier molecular flexibility index (Phi) is 4.99. The summed E-state index contributed by atoms with van der Waals surface area (Å²) in [5, 5.41) is 11.8. The van der Waals surface area contributed by atoms with Gasteiger partial charge in [-0.25, -0.2) is 0 Å². The number of hydrogen-bond acceptors (Lipinski definition) is 7. The van der Waals surface area contributed by atoms with Crippen LogP contribution in [0.3, 0.4) is 0 Å². The number of carbonyl (C=O) groups excluding carboxylic acids is 2. The quantitative estimate of drug-likeness (QED) is 0.626. The van der Waals surface area contributed by atoms with Gasteiger partial charge in [0.15, 0.2) is 28.6 Å². The second kappa shape index (κ2) is 7.95. The minimum absolute atomic E-state index is 0.00681. The third kappa shape index (κ3) is 3.70. The van der Waals surface area contributed by atoms with Gasteiger partial charge >= 0.3 is 0 Å². The van der Waals surface area contributed by atoms with Crippen LogP contribution >= 0.6 is 11.8 Å². The highest BCUT2D eigenvalue weighted by Crippen LogP contribution is 2.36. The van der Waals surface area contributed by atoms with Crippen LogP contribution in [0.25, 0.3) is 0 Å². The smallest absolute Gasteiger partial charge is 0.244 e. The summed E-state index contributed by atoms with van der Waals surface area (Å²) in [6.07, 6.45) is -0.393. The zero-order valence-corrected chi connectivity index (χ0v) is 17.5. The van der Waals surface area contributed by atoms with Gasteiger partial charge in [-0.05, 0) is 24.3 Å². The number of carbonyl (C=O) groups is 2. The van der Waals surface area contributed by atoms with E-state index in [0.29, 0.717) is 40.5 Å². The Balaban J connectivity index is 1.28. The summed E-state index contributed by atoms with van der Waals surface area (Å²) in [5.41, 5.74) is 1.32. The molecule has 0 saturated heterocycles. The van der Waals surface area contributed by atoms with Crippen LogP contribution < -0.4 is 19.7 Å². The van der Waals surface area contributed by atoms with E-state index in [2.05, 4.69) is 15.5 Å². The van der Waals surface area contributed by atoms with Crippen LogP contribution in [0.4, 0.5) is 11.4 Å². The number of aromatic nitrogens is 3. The van der Waals surface area contributed by atoms with Crippen molar-refractivity contribution in [2.24, 2.45) is 7.05 Å². The summed E-state index contributed by atoms with van der Waals surface area (Å²) in [6, 6.07) is 14.7. The summed E-state index contributed by atoms with van der Waals surface area (Å²) >= 11 is 1.27. The number of fused-ring (bicyclic) bond motifs is 2. The Morgan fingerprint density at radius 3 is 2.81 bits per heavy atom.